The van der Waals surface area contributed by atoms with Crippen LogP contribution < -0.4 is 9.64 Å². The average molecular weight is 435 g/mol. The van der Waals surface area contributed by atoms with Crippen molar-refractivity contribution in [2.24, 2.45) is 0 Å². The highest BCUT2D eigenvalue weighted by atomic mass is 32.1. The molecule has 3 aromatic rings. The molecule has 1 unspecified atom stereocenters. The third-order valence-electron chi connectivity index (χ3n) is 5.00. The second kappa shape index (κ2) is 8.08. The van der Waals surface area contributed by atoms with Crippen molar-refractivity contribution >= 4 is 34.7 Å². The molecule has 0 spiro atoms. The van der Waals surface area contributed by atoms with Crippen molar-refractivity contribution in [3.63, 3.8) is 0 Å². The minimum absolute atomic E-state index is 0.0263. The molecule has 1 aliphatic rings. The Labute approximate surface area is 181 Å². The molecule has 156 valence electrons. The van der Waals surface area contributed by atoms with Gasteiger partial charge in [0.15, 0.2) is 5.76 Å². The first-order chi connectivity index (χ1) is 14.9. The Hall–Kier alpha value is -3.91. The zero-order valence-corrected chi connectivity index (χ0v) is 17.1. The number of methoxy groups -OCH3 is 1. The lowest BCUT2D eigenvalue weighted by atomic mass is 9.94. The fourth-order valence-corrected chi connectivity index (χ4v) is 4.30. The summed E-state index contributed by atoms with van der Waals surface area (Å²) in [7, 11) is 1.47. The number of ether oxygens (including phenoxy) is 1. The molecule has 1 aliphatic heterocycles. The molecule has 0 radical (unpaired) electrons. The summed E-state index contributed by atoms with van der Waals surface area (Å²) in [5.74, 6) is -2.68. The van der Waals surface area contributed by atoms with E-state index in [4.69, 9.17) is 4.74 Å². The van der Waals surface area contributed by atoms with Gasteiger partial charge in [0, 0.05) is 11.3 Å². The second-order valence-electron chi connectivity index (χ2n) is 6.74. The van der Waals surface area contributed by atoms with Crippen molar-refractivity contribution in [1.29, 1.82) is 0 Å². The molecule has 2 N–H and O–H groups in total. The van der Waals surface area contributed by atoms with Crippen LogP contribution in [0, 0.1) is 0 Å². The number of Topliss-reactive ketones (excluding diaryl/α,β-unsaturated/α-hetero) is 1. The number of rotatable bonds is 6. The number of ketones is 1. The van der Waals surface area contributed by atoms with Crippen LogP contribution in [0.3, 0.4) is 0 Å². The van der Waals surface area contributed by atoms with Crippen LogP contribution in [-0.4, -0.2) is 35.0 Å². The van der Waals surface area contributed by atoms with Gasteiger partial charge in [-0.3, -0.25) is 14.5 Å². The maximum atomic E-state index is 13.3. The smallest absolute Gasteiger partial charge is 0.335 e. The van der Waals surface area contributed by atoms with Gasteiger partial charge in [-0.1, -0.05) is 30.3 Å². The Kier molecular flexibility index (Phi) is 5.31. The lowest BCUT2D eigenvalue weighted by Crippen LogP contribution is -2.31. The number of hydrogen-bond donors (Lipinski definition) is 2. The number of carboxylic acids is 1. The van der Waals surface area contributed by atoms with E-state index in [0.29, 0.717) is 16.2 Å². The van der Waals surface area contributed by atoms with E-state index in [1.54, 1.807) is 47.8 Å². The molecule has 31 heavy (non-hydrogen) atoms. The summed E-state index contributed by atoms with van der Waals surface area (Å²) in [6.45, 7) is 0. The summed E-state index contributed by atoms with van der Waals surface area (Å²) in [5.41, 5.74) is 0.614. The number of anilines is 1. The number of carbonyl (C=O) groups is 3. The van der Waals surface area contributed by atoms with E-state index in [-0.39, 0.29) is 16.8 Å². The molecule has 8 heteroatoms. The molecule has 0 fully saturated rings. The lowest BCUT2D eigenvalue weighted by Gasteiger charge is -2.28. The fourth-order valence-electron chi connectivity index (χ4n) is 3.62. The third-order valence-corrected chi connectivity index (χ3v) is 5.87. The van der Waals surface area contributed by atoms with Crippen molar-refractivity contribution in [1.82, 2.24) is 0 Å². The molecular weight excluding hydrogens is 418 g/mol. The fraction of sp³-hybridized carbons (Fsp3) is 0.0870. The van der Waals surface area contributed by atoms with Gasteiger partial charge in [-0.2, -0.15) is 0 Å². The average Bonchev–Trinajstić information content (AvgIpc) is 3.41. The van der Waals surface area contributed by atoms with Crippen LogP contribution in [0.4, 0.5) is 5.69 Å². The summed E-state index contributed by atoms with van der Waals surface area (Å²) < 4.78 is 5.45. The van der Waals surface area contributed by atoms with Crippen LogP contribution in [0.15, 0.2) is 77.4 Å². The first-order valence-corrected chi connectivity index (χ1v) is 10.1. The monoisotopic (exact) mass is 435 g/mol. The Morgan fingerprint density at radius 1 is 1.06 bits per heavy atom. The van der Waals surface area contributed by atoms with Gasteiger partial charge in [0.2, 0.25) is 5.78 Å². The summed E-state index contributed by atoms with van der Waals surface area (Å²) in [6.07, 6.45) is 0. The highest BCUT2D eigenvalue weighted by Gasteiger charge is 2.46. The Balaban J connectivity index is 1.93. The van der Waals surface area contributed by atoms with Gasteiger partial charge in [-0.05, 0) is 35.7 Å². The number of carbonyl (C=O) groups excluding carboxylic acids is 2. The molecule has 2 heterocycles. The number of aliphatic hydroxyl groups excluding tert-OH is 1. The van der Waals surface area contributed by atoms with E-state index < -0.39 is 29.5 Å². The standard InChI is InChI=1S/C23H17NO6S/c1-30-16-9-3-2-8-15(16)19-18(20(25)17-10-5-11-31-17)21(26)22(27)24(19)14-7-4-6-13(12-14)23(28)29/h2-12,19,26H,1H3,(H,28,29). The number of amides is 1. The number of para-hydroxylation sites is 1. The van der Waals surface area contributed by atoms with Gasteiger partial charge in [0.05, 0.1) is 29.2 Å². The Bertz CT molecular complexity index is 1210. The molecule has 0 bridgehead atoms. The molecule has 1 aromatic heterocycles. The summed E-state index contributed by atoms with van der Waals surface area (Å²) in [5, 5.41) is 21.8. The summed E-state index contributed by atoms with van der Waals surface area (Å²) in [4.78, 5) is 39.5. The van der Waals surface area contributed by atoms with E-state index in [0.717, 1.165) is 0 Å². The normalized spacial score (nSPS) is 16.0. The van der Waals surface area contributed by atoms with Gasteiger partial charge < -0.3 is 14.9 Å². The maximum Gasteiger partial charge on any atom is 0.335 e. The van der Waals surface area contributed by atoms with Crippen molar-refractivity contribution in [3.8, 4) is 5.75 Å². The van der Waals surface area contributed by atoms with Gasteiger partial charge >= 0.3 is 5.97 Å². The SMILES string of the molecule is COc1ccccc1C1C(C(=O)c2cccs2)=C(O)C(=O)N1c1cccc(C(=O)O)c1. The minimum Gasteiger partial charge on any atom is -0.503 e. The zero-order chi connectivity index (χ0) is 22.1. The Morgan fingerprint density at radius 3 is 2.52 bits per heavy atom. The van der Waals surface area contributed by atoms with Crippen LogP contribution in [-0.2, 0) is 4.79 Å². The van der Waals surface area contributed by atoms with Crippen LogP contribution in [0.25, 0.3) is 0 Å². The van der Waals surface area contributed by atoms with E-state index in [2.05, 4.69) is 0 Å². The van der Waals surface area contributed by atoms with Gasteiger partial charge in [-0.15, -0.1) is 11.3 Å². The molecule has 0 saturated heterocycles. The predicted molar refractivity (Wildman–Crippen MR) is 115 cm³/mol. The quantitative estimate of drug-likeness (QED) is 0.562. The summed E-state index contributed by atoms with van der Waals surface area (Å²) >= 11 is 1.20. The van der Waals surface area contributed by atoms with Gasteiger partial charge in [0.1, 0.15) is 5.75 Å². The lowest BCUT2D eigenvalue weighted by molar-refractivity contribution is -0.117. The number of carboxylic acid groups (broad SMARTS) is 1. The highest BCUT2D eigenvalue weighted by molar-refractivity contribution is 7.12. The molecular formula is C23H17NO6S. The van der Waals surface area contributed by atoms with Gasteiger partial charge in [-0.25, -0.2) is 4.79 Å². The Morgan fingerprint density at radius 2 is 1.84 bits per heavy atom. The number of nitrogens with zero attached hydrogens (tertiary/aromatic N) is 1. The molecule has 0 aliphatic carbocycles. The van der Waals surface area contributed by atoms with Crippen molar-refractivity contribution in [2.75, 3.05) is 12.0 Å². The first kappa shape index (κ1) is 20.4. The number of aliphatic hydroxyl groups is 1. The second-order valence-corrected chi connectivity index (χ2v) is 7.69. The van der Waals surface area contributed by atoms with E-state index in [1.165, 1.54) is 41.5 Å². The van der Waals surface area contributed by atoms with Gasteiger partial charge in [0.25, 0.3) is 5.91 Å². The predicted octanol–water partition coefficient (Wildman–Crippen LogP) is 4.24. The van der Waals surface area contributed by atoms with E-state index >= 15 is 0 Å². The number of aromatic carboxylic acids is 1. The molecule has 1 amide bonds. The molecule has 2 aromatic carbocycles. The zero-order valence-electron chi connectivity index (χ0n) is 16.3. The largest absolute Gasteiger partial charge is 0.503 e. The maximum absolute atomic E-state index is 13.3. The molecule has 0 saturated carbocycles. The topological polar surface area (TPSA) is 104 Å². The van der Waals surface area contributed by atoms with Crippen LogP contribution in [0.5, 0.6) is 5.75 Å². The van der Waals surface area contributed by atoms with Crippen LogP contribution >= 0.6 is 11.3 Å². The van der Waals surface area contributed by atoms with Crippen LogP contribution in [0.1, 0.15) is 31.6 Å². The van der Waals surface area contributed by atoms with Crippen molar-refractivity contribution < 1.29 is 29.3 Å². The summed E-state index contributed by atoms with van der Waals surface area (Å²) in [6, 6.07) is 15.0. The van der Waals surface area contributed by atoms with E-state index in [9.17, 15) is 24.6 Å². The number of hydrogen-bond acceptors (Lipinski definition) is 6. The number of thiophene rings is 1. The first-order valence-electron chi connectivity index (χ1n) is 9.25. The molecule has 1 atom stereocenters. The number of benzene rings is 2. The highest BCUT2D eigenvalue weighted by Crippen LogP contribution is 2.45. The molecule has 7 nitrogen and oxygen atoms in total. The van der Waals surface area contributed by atoms with E-state index in [1.807, 2.05) is 0 Å². The molecule has 4 rings (SSSR count). The van der Waals surface area contributed by atoms with Crippen LogP contribution in [0.2, 0.25) is 0 Å². The third kappa shape index (κ3) is 3.47. The van der Waals surface area contributed by atoms with Crippen molar-refractivity contribution in [3.05, 3.63) is 93.4 Å². The van der Waals surface area contributed by atoms with Crippen molar-refractivity contribution in [2.45, 2.75) is 6.04 Å². The minimum atomic E-state index is -1.16.